The normalized spacial score (nSPS) is 10.6. The van der Waals surface area contributed by atoms with Crippen molar-refractivity contribution in [2.24, 2.45) is 0 Å². The maximum atomic E-state index is 12.8. The average molecular weight is 291 g/mol. The van der Waals surface area contributed by atoms with Gasteiger partial charge in [-0.2, -0.15) is 0 Å². The van der Waals surface area contributed by atoms with Crippen molar-refractivity contribution in [3.05, 3.63) is 72.3 Å². The second-order valence-corrected chi connectivity index (χ2v) is 5.09. The fourth-order valence-electron chi connectivity index (χ4n) is 2.63. The largest absolute Gasteiger partial charge is 0.508 e. The van der Waals surface area contributed by atoms with Crippen LogP contribution in [-0.2, 0) is 0 Å². The van der Waals surface area contributed by atoms with E-state index in [-0.39, 0.29) is 11.7 Å². The van der Waals surface area contributed by atoms with E-state index in [1.165, 1.54) is 12.1 Å². The molecule has 0 saturated carbocycles. The maximum absolute atomic E-state index is 12.8. The summed E-state index contributed by atoms with van der Waals surface area (Å²) < 4.78 is 0. The van der Waals surface area contributed by atoms with Crippen molar-refractivity contribution in [2.75, 3.05) is 11.4 Å². The first kappa shape index (κ1) is 14.1. The van der Waals surface area contributed by atoms with Gasteiger partial charge >= 0.3 is 0 Å². The summed E-state index contributed by atoms with van der Waals surface area (Å²) in [6.07, 6.45) is 0. The van der Waals surface area contributed by atoms with Crippen molar-refractivity contribution < 1.29 is 9.90 Å². The van der Waals surface area contributed by atoms with Gasteiger partial charge in [0, 0.05) is 17.5 Å². The Labute approximate surface area is 129 Å². The zero-order valence-corrected chi connectivity index (χ0v) is 12.4. The van der Waals surface area contributed by atoms with Gasteiger partial charge in [-0.3, -0.25) is 4.79 Å². The van der Waals surface area contributed by atoms with E-state index < -0.39 is 0 Å². The molecule has 3 heteroatoms. The van der Waals surface area contributed by atoms with Gasteiger partial charge in [-0.25, -0.2) is 0 Å². The third-order valence-corrected chi connectivity index (χ3v) is 3.73. The molecule has 1 N–H and O–H groups in total. The maximum Gasteiger partial charge on any atom is 0.258 e. The van der Waals surface area contributed by atoms with Crippen LogP contribution in [0.5, 0.6) is 5.75 Å². The van der Waals surface area contributed by atoms with Gasteiger partial charge in [-0.15, -0.1) is 0 Å². The van der Waals surface area contributed by atoms with Gasteiger partial charge in [0.25, 0.3) is 5.91 Å². The van der Waals surface area contributed by atoms with E-state index in [2.05, 4.69) is 0 Å². The number of hydrogen-bond donors (Lipinski definition) is 1. The number of phenolic OH excluding ortho intramolecular Hbond substituents is 1. The number of carbonyl (C=O) groups excluding carboxylic acids is 1. The van der Waals surface area contributed by atoms with Crippen molar-refractivity contribution in [1.82, 2.24) is 0 Å². The van der Waals surface area contributed by atoms with Crippen LogP contribution in [0, 0.1) is 0 Å². The molecule has 3 aromatic carbocycles. The molecule has 1 amide bonds. The van der Waals surface area contributed by atoms with Crippen LogP contribution in [0.15, 0.2) is 66.7 Å². The Morgan fingerprint density at radius 3 is 2.36 bits per heavy atom. The molecule has 0 saturated heterocycles. The number of fused-ring (bicyclic) bond motifs is 1. The summed E-state index contributed by atoms with van der Waals surface area (Å²) in [7, 11) is 0. The average Bonchev–Trinajstić information content (AvgIpc) is 2.56. The van der Waals surface area contributed by atoms with E-state index in [9.17, 15) is 9.90 Å². The van der Waals surface area contributed by atoms with Crippen LogP contribution in [0.1, 0.15) is 17.3 Å². The Balaban J connectivity index is 2.06. The van der Waals surface area contributed by atoms with Crippen molar-refractivity contribution in [3.8, 4) is 5.75 Å². The summed E-state index contributed by atoms with van der Waals surface area (Å²) in [4.78, 5) is 14.5. The molecule has 0 aliphatic carbocycles. The van der Waals surface area contributed by atoms with E-state index >= 15 is 0 Å². The molecule has 0 aliphatic heterocycles. The Morgan fingerprint density at radius 1 is 0.955 bits per heavy atom. The highest BCUT2D eigenvalue weighted by Gasteiger charge is 2.17. The minimum absolute atomic E-state index is 0.0705. The van der Waals surface area contributed by atoms with Crippen molar-refractivity contribution >= 4 is 22.4 Å². The highest BCUT2D eigenvalue weighted by atomic mass is 16.3. The van der Waals surface area contributed by atoms with Crippen LogP contribution < -0.4 is 4.90 Å². The van der Waals surface area contributed by atoms with Gasteiger partial charge < -0.3 is 10.0 Å². The van der Waals surface area contributed by atoms with Gasteiger partial charge in [0.2, 0.25) is 0 Å². The summed E-state index contributed by atoms with van der Waals surface area (Å²) >= 11 is 0. The quantitative estimate of drug-likeness (QED) is 0.785. The van der Waals surface area contributed by atoms with E-state index in [4.69, 9.17) is 0 Å². The third-order valence-electron chi connectivity index (χ3n) is 3.73. The Bertz CT molecular complexity index is 804. The first-order valence-corrected chi connectivity index (χ1v) is 7.29. The van der Waals surface area contributed by atoms with Gasteiger partial charge in [0.05, 0.1) is 5.69 Å². The predicted octanol–water partition coefficient (Wildman–Crippen LogP) is 4.21. The summed E-state index contributed by atoms with van der Waals surface area (Å²) in [5.41, 5.74) is 1.46. The lowest BCUT2D eigenvalue weighted by molar-refractivity contribution is 0.0988. The van der Waals surface area contributed by atoms with Crippen molar-refractivity contribution in [3.63, 3.8) is 0 Å². The molecule has 0 aromatic heterocycles. The van der Waals surface area contributed by atoms with Crippen LogP contribution in [0.25, 0.3) is 10.8 Å². The molecule has 22 heavy (non-hydrogen) atoms. The first-order valence-electron chi connectivity index (χ1n) is 7.29. The van der Waals surface area contributed by atoms with E-state index in [1.807, 2.05) is 49.4 Å². The van der Waals surface area contributed by atoms with E-state index in [0.717, 1.165) is 16.5 Å². The Hall–Kier alpha value is -2.81. The summed E-state index contributed by atoms with van der Waals surface area (Å²) in [6.45, 7) is 2.54. The molecule has 0 spiro atoms. The first-order chi connectivity index (χ1) is 10.7. The lowest BCUT2D eigenvalue weighted by atomic mass is 10.1. The van der Waals surface area contributed by atoms with E-state index in [1.54, 1.807) is 17.0 Å². The fraction of sp³-hybridized carbons (Fsp3) is 0.105. The van der Waals surface area contributed by atoms with Crippen LogP contribution in [-0.4, -0.2) is 17.6 Å². The minimum Gasteiger partial charge on any atom is -0.508 e. The zero-order chi connectivity index (χ0) is 15.5. The topological polar surface area (TPSA) is 40.5 Å². The van der Waals surface area contributed by atoms with Crippen molar-refractivity contribution in [2.45, 2.75) is 6.92 Å². The monoisotopic (exact) mass is 291 g/mol. The molecule has 0 radical (unpaired) electrons. The SMILES string of the molecule is CCN(C(=O)c1ccc(O)cc1)c1cccc2ccccc12. The van der Waals surface area contributed by atoms with Crippen LogP contribution in [0.4, 0.5) is 5.69 Å². The number of nitrogens with zero attached hydrogens (tertiary/aromatic N) is 1. The highest BCUT2D eigenvalue weighted by molar-refractivity contribution is 6.10. The van der Waals surface area contributed by atoms with Gasteiger partial charge in [0.1, 0.15) is 5.75 Å². The molecule has 0 atom stereocenters. The molecule has 0 aliphatic rings. The smallest absolute Gasteiger partial charge is 0.258 e. The third kappa shape index (κ3) is 2.53. The molecule has 3 aromatic rings. The van der Waals surface area contributed by atoms with Crippen molar-refractivity contribution in [1.29, 1.82) is 0 Å². The van der Waals surface area contributed by atoms with Crippen LogP contribution >= 0.6 is 0 Å². The number of anilines is 1. The number of benzene rings is 3. The molecule has 3 rings (SSSR count). The molecule has 0 fully saturated rings. The number of phenols is 1. The molecule has 3 nitrogen and oxygen atoms in total. The van der Waals surface area contributed by atoms with E-state index in [0.29, 0.717) is 12.1 Å². The molecular formula is C19H17NO2. The molecule has 0 unspecified atom stereocenters. The minimum atomic E-state index is -0.0705. The Kier molecular flexibility index (Phi) is 3.79. The van der Waals surface area contributed by atoms with Gasteiger partial charge in [-0.1, -0.05) is 36.4 Å². The number of carbonyl (C=O) groups is 1. The van der Waals surface area contributed by atoms with Gasteiger partial charge in [-0.05, 0) is 42.6 Å². The predicted molar refractivity (Wildman–Crippen MR) is 89.4 cm³/mol. The van der Waals surface area contributed by atoms with Gasteiger partial charge in [0.15, 0.2) is 0 Å². The summed E-state index contributed by atoms with van der Waals surface area (Å²) in [5, 5.41) is 11.5. The zero-order valence-electron chi connectivity index (χ0n) is 12.4. The summed E-state index contributed by atoms with van der Waals surface area (Å²) in [5.74, 6) is 0.0867. The second-order valence-electron chi connectivity index (χ2n) is 5.09. The molecular weight excluding hydrogens is 274 g/mol. The lowest BCUT2D eigenvalue weighted by Crippen LogP contribution is -2.30. The standard InChI is InChI=1S/C19H17NO2/c1-2-20(19(22)15-10-12-16(21)13-11-15)18-9-5-7-14-6-3-4-8-17(14)18/h3-13,21H,2H2,1H3. The summed E-state index contributed by atoms with van der Waals surface area (Å²) in [6, 6.07) is 20.3. The second kappa shape index (κ2) is 5.90. The molecule has 0 bridgehead atoms. The number of rotatable bonds is 3. The highest BCUT2D eigenvalue weighted by Crippen LogP contribution is 2.28. The van der Waals surface area contributed by atoms with Crippen LogP contribution in [0.3, 0.4) is 0 Å². The Morgan fingerprint density at radius 2 is 1.64 bits per heavy atom. The number of hydrogen-bond acceptors (Lipinski definition) is 2. The lowest BCUT2D eigenvalue weighted by Gasteiger charge is -2.23. The number of amides is 1. The van der Waals surface area contributed by atoms with Crippen LogP contribution in [0.2, 0.25) is 0 Å². The fourth-order valence-corrected chi connectivity index (χ4v) is 2.63. The molecule has 110 valence electrons. The molecule has 0 heterocycles. The number of aromatic hydroxyl groups is 1.